The monoisotopic (exact) mass is 262 g/mol. The quantitative estimate of drug-likeness (QED) is 0.354. The Bertz CT molecular complexity index is 250. The molecule has 0 heterocycles. The summed E-state index contributed by atoms with van der Waals surface area (Å²) in [5.41, 5.74) is -2.74. The summed E-state index contributed by atoms with van der Waals surface area (Å²) in [7, 11) is -5.10. The maximum Gasteiger partial charge on any atom is 1.00 e. The SMILES string of the molecule is O=S(=O)([O-])C(F)CCCC(F)(F)F.[K+]. The van der Waals surface area contributed by atoms with Crippen molar-refractivity contribution in [3.05, 3.63) is 0 Å². The normalized spacial score (nSPS) is 14.6. The Morgan fingerprint density at radius 3 is 2.00 bits per heavy atom. The van der Waals surface area contributed by atoms with Crippen molar-refractivity contribution in [2.24, 2.45) is 0 Å². The summed E-state index contributed by atoms with van der Waals surface area (Å²) < 4.78 is 76.2. The number of rotatable bonds is 4. The van der Waals surface area contributed by atoms with E-state index in [2.05, 4.69) is 0 Å². The van der Waals surface area contributed by atoms with Crippen LogP contribution in [0.1, 0.15) is 19.3 Å². The van der Waals surface area contributed by atoms with Gasteiger partial charge in [0.1, 0.15) is 10.1 Å². The van der Waals surface area contributed by atoms with Gasteiger partial charge in [-0.1, -0.05) is 0 Å². The maximum atomic E-state index is 12.2. The van der Waals surface area contributed by atoms with Crippen LogP contribution in [0.5, 0.6) is 0 Å². The van der Waals surface area contributed by atoms with Gasteiger partial charge < -0.3 is 4.55 Å². The average molecular weight is 262 g/mol. The maximum absolute atomic E-state index is 12.2. The minimum Gasteiger partial charge on any atom is -0.746 e. The van der Waals surface area contributed by atoms with Crippen molar-refractivity contribution in [1.82, 2.24) is 0 Å². The smallest absolute Gasteiger partial charge is 0.746 e. The minimum absolute atomic E-state index is 0. The van der Waals surface area contributed by atoms with Crippen LogP contribution in [-0.4, -0.2) is 24.7 Å². The zero-order valence-corrected chi connectivity index (χ0v) is 11.3. The van der Waals surface area contributed by atoms with Gasteiger partial charge in [-0.3, -0.25) is 0 Å². The van der Waals surface area contributed by atoms with Gasteiger partial charge in [0.15, 0.2) is 5.50 Å². The van der Waals surface area contributed by atoms with E-state index in [0.29, 0.717) is 0 Å². The fourth-order valence-electron chi connectivity index (χ4n) is 0.607. The van der Waals surface area contributed by atoms with Gasteiger partial charge in [0.05, 0.1) is 0 Å². The summed E-state index contributed by atoms with van der Waals surface area (Å²) in [6, 6.07) is 0. The summed E-state index contributed by atoms with van der Waals surface area (Å²) in [5.74, 6) is 0. The van der Waals surface area contributed by atoms with Gasteiger partial charge in [0.2, 0.25) is 0 Å². The molecule has 1 unspecified atom stereocenters. The van der Waals surface area contributed by atoms with E-state index in [9.17, 15) is 30.5 Å². The van der Waals surface area contributed by atoms with E-state index in [-0.39, 0.29) is 51.4 Å². The largest absolute Gasteiger partial charge is 1.00 e. The fraction of sp³-hybridized carbons (Fsp3) is 1.00. The predicted molar refractivity (Wildman–Crippen MR) is 34.5 cm³/mol. The molecule has 0 aromatic heterocycles. The van der Waals surface area contributed by atoms with Crippen LogP contribution in [0, 0.1) is 0 Å². The van der Waals surface area contributed by atoms with Crippen LogP contribution in [0.4, 0.5) is 17.6 Å². The van der Waals surface area contributed by atoms with E-state index in [4.69, 9.17) is 0 Å². The van der Waals surface area contributed by atoms with E-state index >= 15 is 0 Å². The van der Waals surface area contributed by atoms with Gasteiger partial charge in [-0.15, -0.1) is 0 Å². The molecule has 0 aliphatic carbocycles. The van der Waals surface area contributed by atoms with Gasteiger partial charge in [0, 0.05) is 6.42 Å². The number of hydrogen-bond acceptors (Lipinski definition) is 3. The summed E-state index contributed by atoms with van der Waals surface area (Å²) in [4.78, 5) is 0. The molecule has 9 heteroatoms. The summed E-state index contributed by atoms with van der Waals surface area (Å²) in [6.07, 6.45) is -7.35. The van der Waals surface area contributed by atoms with Gasteiger partial charge in [-0.2, -0.15) is 13.2 Å². The Morgan fingerprint density at radius 1 is 1.29 bits per heavy atom. The molecule has 0 saturated heterocycles. The van der Waals surface area contributed by atoms with Crippen molar-refractivity contribution in [2.45, 2.75) is 30.9 Å². The Labute approximate surface area is 121 Å². The van der Waals surface area contributed by atoms with E-state index in [1.54, 1.807) is 0 Å². The second kappa shape index (κ2) is 6.76. The molecule has 0 bridgehead atoms. The molecule has 0 N–H and O–H groups in total. The molecule has 0 aliphatic heterocycles. The van der Waals surface area contributed by atoms with Crippen molar-refractivity contribution in [3.8, 4) is 0 Å². The van der Waals surface area contributed by atoms with E-state index < -0.39 is 41.1 Å². The third-order valence-corrected chi connectivity index (χ3v) is 2.07. The summed E-state index contributed by atoms with van der Waals surface area (Å²) in [5, 5.41) is 0. The molecule has 0 amide bonds. The van der Waals surface area contributed by atoms with Crippen LogP contribution in [-0.2, 0) is 10.1 Å². The van der Waals surface area contributed by atoms with Crippen molar-refractivity contribution in [2.75, 3.05) is 0 Å². The summed E-state index contributed by atoms with van der Waals surface area (Å²) in [6.45, 7) is 0. The van der Waals surface area contributed by atoms with Gasteiger partial charge >= 0.3 is 57.6 Å². The van der Waals surface area contributed by atoms with Crippen molar-refractivity contribution in [1.29, 1.82) is 0 Å². The fourth-order valence-corrected chi connectivity index (χ4v) is 1.06. The number of hydrogen-bond donors (Lipinski definition) is 0. The standard InChI is InChI=1S/C5H8F4O3S.K/c6-4(13(10,11)12)2-1-3-5(7,8)9;/h4H,1-3H2,(H,10,11,12);/q;+1/p-1. The first kappa shape index (κ1) is 17.7. The summed E-state index contributed by atoms with van der Waals surface area (Å²) >= 11 is 0. The molecule has 0 aliphatic rings. The molecular formula is C5H7F4KO3S. The van der Waals surface area contributed by atoms with E-state index in [0.717, 1.165) is 0 Å². The van der Waals surface area contributed by atoms with E-state index in [1.165, 1.54) is 0 Å². The second-order valence-electron chi connectivity index (χ2n) is 2.41. The first-order chi connectivity index (χ1) is 5.63. The molecule has 0 aromatic carbocycles. The third kappa shape index (κ3) is 9.81. The third-order valence-electron chi connectivity index (χ3n) is 1.20. The number of alkyl halides is 4. The molecular weight excluding hydrogens is 255 g/mol. The molecule has 1 atom stereocenters. The zero-order chi connectivity index (χ0) is 10.7. The molecule has 0 fully saturated rings. The van der Waals surface area contributed by atoms with Crippen LogP contribution in [0.3, 0.4) is 0 Å². The van der Waals surface area contributed by atoms with Gasteiger partial charge in [-0.05, 0) is 12.8 Å². The molecule has 14 heavy (non-hydrogen) atoms. The second-order valence-corrected chi connectivity index (χ2v) is 3.91. The predicted octanol–water partition coefficient (Wildman–Crippen LogP) is -1.44. The molecule has 3 nitrogen and oxygen atoms in total. The Morgan fingerprint density at radius 2 is 1.71 bits per heavy atom. The molecule has 0 aromatic rings. The average Bonchev–Trinajstić information content (AvgIpc) is 1.82. The molecule has 0 radical (unpaired) electrons. The van der Waals surface area contributed by atoms with Crippen LogP contribution in [0.2, 0.25) is 0 Å². The van der Waals surface area contributed by atoms with Crippen LogP contribution in [0.25, 0.3) is 0 Å². The first-order valence-corrected chi connectivity index (χ1v) is 4.75. The topological polar surface area (TPSA) is 57.2 Å². The van der Waals surface area contributed by atoms with Gasteiger partial charge in [-0.25, -0.2) is 12.8 Å². The molecule has 80 valence electrons. The first-order valence-electron chi connectivity index (χ1n) is 3.28. The van der Waals surface area contributed by atoms with Crippen molar-refractivity contribution in [3.63, 3.8) is 0 Å². The van der Waals surface area contributed by atoms with Gasteiger partial charge in [0.25, 0.3) is 0 Å². The Hall–Kier alpha value is 1.27. The van der Waals surface area contributed by atoms with E-state index in [1.807, 2.05) is 0 Å². The number of halogens is 4. The van der Waals surface area contributed by atoms with Crippen LogP contribution < -0.4 is 51.4 Å². The zero-order valence-electron chi connectivity index (χ0n) is 7.34. The van der Waals surface area contributed by atoms with Crippen molar-refractivity contribution >= 4 is 10.1 Å². The molecule has 0 saturated carbocycles. The minimum atomic E-state index is -5.10. The molecule has 0 rings (SSSR count). The Kier molecular flexibility index (Phi) is 8.53. The van der Waals surface area contributed by atoms with Crippen LogP contribution in [0.15, 0.2) is 0 Å². The molecule has 0 spiro atoms. The van der Waals surface area contributed by atoms with Crippen LogP contribution >= 0.6 is 0 Å². The Balaban J connectivity index is 0. The van der Waals surface area contributed by atoms with Crippen molar-refractivity contribution < 1.29 is 81.9 Å².